The molecule has 0 radical (unpaired) electrons. The molecule has 94 valence electrons. The van der Waals surface area contributed by atoms with Gasteiger partial charge in [0.2, 0.25) is 0 Å². The van der Waals surface area contributed by atoms with Crippen LogP contribution in [0.1, 0.15) is 25.0 Å². The maximum Gasteiger partial charge on any atom is 0.310 e. The fraction of sp³-hybridized carbons (Fsp3) is 0.500. The van der Waals surface area contributed by atoms with Gasteiger partial charge in [0.1, 0.15) is 0 Å². The Kier molecular flexibility index (Phi) is 4.55. The Morgan fingerprint density at radius 1 is 1.24 bits per heavy atom. The van der Waals surface area contributed by atoms with Crippen molar-refractivity contribution in [2.24, 2.45) is 5.92 Å². The van der Waals surface area contributed by atoms with Crippen molar-refractivity contribution >= 4 is 11.7 Å². The van der Waals surface area contributed by atoms with Crippen LogP contribution in [0.5, 0.6) is 0 Å². The molecule has 17 heavy (non-hydrogen) atoms. The zero-order chi connectivity index (χ0) is 13.0. The van der Waals surface area contributed by atoms with Crippen LogP contribution in [0, 0.1) is 19.8 Å². The van der Waals surface area contributed by atoms with Crippen molar-refractivity contribution in [1.82, 2.24) is 0 Å². The van der Waals surface area contributed by atoms with E-state index in [1.165, 1.54) is 18.2 Å². The summed E-state index contributed by atoms with van der Waals surface area (Å²) < 4.78 is 4.73. The lowest BCUT2D eigenvalue weighted by molar-refractivity contribution is -0.145. The topological polar surface area (TPSA) is 38.3 Å². The molecular weight excluding hydrogens is 214 g/mol. The Morgan fingerprint density at radius 2 is 1.88 bits per heavy atom. The summed E-state index contributed by atoms with van der Waals surface area (Å²) in [6.45, 7) is 8.01. The summed E-state index contributed by atoms with van der Waals surface area (Å²) in [7, 11) is 1.42. The fourth-order valence-electron chi connectivity index (χ4n) is 1.61. The van der Waals surface area contributed by atoms with E-state index in [9.17, 15) is 4.79 Å². The van der Waals surface area contributed by atoms with Crippen LogP contribution in [0.3, 0.4) is 0 Å². The first-order chi connectivity index (χ1) is 7.95. The zero-order valence-electron chi connectivity index (χ0n) is 11.2. The minimum absolute atomic E-state index is 0.0459. The van der Waals surface area contributed by atoms with E-state index in [1.54, 1.807) is 0 Å². The lowest BCUT2D eigenvalue weighted by Crippen LogP contribution is -2.30. The average molecular weight is 235 g/mol. The summed E-state index contributed by atoms with van der Waals surface area (Å²) in [4.78, 5) is 11.4. The van der Waals surface area contributed by atoms with Crippen molar-refractivity contribution in [3.8, 4) is 0 Å². The van der Waals surface area contributed by atoms with Gasteiger partial charge in [-0.3, -0.25) is 4.79 Å². The number of nitrogens with one attached hydrogen (secondary N) is 1. The van der Waals surface area contributed by atoms with E-state index in [0.29, 0.717) is 0 Å². The van der Waals surface area contributed by atoms with Gasteiger partial charge in [0.05, 0.1) is 13.0 Å². The zero-order valence-corrected chi connectivity index (χ0v) is 11.2. The van der Waals surface area contributed by atoms with Crippen LogP contribution < -0.4 is 5.32 Å². The van der Waals surface area contributed by atoms with E-state index in [2.05, 4.69) is 31.3 Å². The molecular formula is C14H21NO2. The Balaban J connectivity index is 2.70. The van der Waals surface area contributed by atoms with E-state index in [-0.39, 0.29) is 17.9 Å². The summed E-state index contributed by atoms with van der Waals surface area (Å²) in [6.07, 6.45) is 0. The Labute approximate surface area is 103 Å². The van der Waals surface area contributed by atoms with Crippen LogP contribution in [0.2, 0.25) is 0 Å². The average Bonchev–Trinajstić information content (AvgIpc) is 2.31. The number of esters is 1. The first-order valence-electron chi connectivity index (χ1n) is 5.87. The second-order valence-electron chi connectivity index (χ2n) is 4.54. The van der Waals surface area contributed by atoms with Crippen molar-refractivity contribution in [1.29, 1.82) is 0 Å². The monoisotopic (exact) mass is 235 g/mol. The van der Waals surface area contributed by atoms with Crippen LogP contribution >= 0.6 is 0 Å². The van der Waals surface area contributed by atoms with E-state index in [0.717, 1.165) is 5.69 Å². The summed E-state index contributed by atoms with van der Waals surface area (Å²) in [6, 6.07) is 6.25. The summed E-state index contributed by atoms with van der Waals surface area (Å²) in [5.74, 6) is -0.351. The van der Waals surface area contributed by atoms with E-state index in [1.807, 2.05) is 19.9 Å². The number of benzene rings is 1. The number of hydrogen-bond donors (Lipinski definition) is 1. The highest BCUT2D eigenvalue weighted by Gasteiger charge is 2.20. The van der Waals surface area contributed by atoms with Gasteiger partial charge in [0.15, 0.2) is 0 Å². The number of hydrogen-bond acceptors (Lipinski definition) is 3. The molecule has 0 heterocycles. The minimum Gasteiger partial charge on any atom is -0.469 e. The maximum atomic E-state index is 11.4. The minimum atomic E-state index is -0.186. The van der Waals surface area contributed by atoms with Crippen molar-refractivity contribution in [2.75, 3.05) is 12.4 Å². The Bertz CT molecular complexity index is 401. The fourth-order valence-corrected chi connectivity index (χ4v) is 1.61. The van der Waals surface area contributed by atoms with E-state index in [4.69, 9.17) is 4.74 Å². The van der Waals surface area contributed by atoms with Gasteiger partial charge >= 0.3 is 5.97 Å². The van der Waals surface area contributed by atoms with Crippen LogP contribution in [-0.2, 0) is 9.53 Å². The molecule has 1 rings (SSSR count). The molecule has 2 unspecified atom stereocenters. The highest BCUT2D eigenvalue weighted by Crippen LogP contribution is 2.17. The van der Waals surface area contributed by atoms with Crippen molar-refractivity contribution < 1.29 is 9.53 Å². The number of carbonyl (C=O) groups is 1. The van der Waals surface area contributed by atoms with Gasteiger partial charge in [0.25, 0.3) is 0 Å². The smallest absolute Gasteiger partial charge is 0.310 e. The SMILES string of the molecule is COC(=O)C(C)C(C)Nc1ccc(C)c(C)c1. The largest absolute Gasteiger partial charge is 0.469 e. The van der Waals surface area contributed by atoms with Crippen molar-refractivity contribution in [3.63, 3.8) is 0 Å². The summed E-state index contributed by atoms with van der Waals surface area (Å²) >= 11 is 0. The third kappa shape index (κ3) is 3.48. The molecule has 0 aromatic heterocycles. The van der Waals surface area contributed by atoms with Crippen LogP contribution in [0.4, 0.5) is 5.69 Å². The molecule has 1 aromatic rings. The van der Waals surface area contributed by atoms with E-state index >= 15 is 0 Å². The second-order valence-corrected chi connectivity index (χ2v) is 4.54. The lowest BCUT2D eigenvalue weighted by atomic mass is 10.0. The third-order valence-corrected chi connectivity index (χ3v) is 3.22. The number of carbonyl (C=O) groups excluding carboxylic acids is 1. The Hall–Kier alpha value is -1.51. The molecule has 0 aliphatic carbocycles. The number of methoxy groups -OCH3 is 1. The molecule has 3 nitrogen and oxygen atoms in total. The van der Waals surface area contributed by atoms with E-state index < -0.39 is 0 Å². The summed E-state index contributed by atoms with van der Waals surface area (Å²) in [5.41, 5.74) is 3.55. The molecule has 1 N–H and O–H groups in total. The molecule has 0 saturated carbocycles. The third-order valence-electron chi connectivity index (χ3n) is 3.22. The second kappa shape index (κ2) is 5.71. The standard InChI is InChI=1S/C14H21NO2/c1-9-6-7-13(8-10(9)2)15-12(4)11(3)14(16)17-5/h6-8,11-12,15H,1-5H3. The maximum absolute atomic E-state index is 11.4. The van der Waals surface area contributed by atoms with Gasteiger partial charge in [-0.1, -0.05) is 6.07 Å². The van der Waals surface area contributed by atoms with Gasteiger partial charge in [-0.05, 0) is 51.0 Å². The van der Waals surface area contributed by atoms with Crippen LogP contribution in [0.25, 0.3) is 0 Å². The van der Waals surface area contributed by atoms with Gasteiger partial charge in [-0.15, -0.1) is 0 Å². The molecule has 0 aliphatic rings. The van der Waals surface area contributed by atoms with Crippen LogP contribution in [-0.4, -0.2) is 19.1 Å². The van der Waals surface area contributed by atoms with Gasteiger partial charge in [0, 0.05) is 11.7 Å². The number of ether oxygens (including phenoxy) is 1. The molecule has 0 saturated heterocycles. The number of aryl methyl sites for hydroxylation is 2. The predicted octanol–water partition coefficient (Wildman–Crippen LogP) is 2.91. The molecule has 2 atom stereocenters. The molecule has 0 bridgehead atoms. The van der Waals surface area contributed by atoms with Crippen molar-refractivity contribution in [2.45, 2.75) is 33.7 Å². The molecule has 0 aliphatic heterocycles. The first-order valence-corrected chi connectivity index (χ1v) is 5.87. The highest BCUT2D eigenvalue weighted by atomic mass is 16.5. The number of rotatable bonds is 4. The first kappa shape index (κ1) is 13.6. The molecule has 0 spiro atoms. The summed E-state index contributed by atoms with van der Waals surface area (Å²) in [5, 5.41) is 3.32. The van der Waals surface area contributed by atoms with Gasteiger partial charge < -0.3 is 10.1 Å². The van der Waals surface area contributed by atoms with Crippen molar-refractivity contribution in [3.05, 3.63) is 29.3 Å². The Morgan fingerprint density at radius 3 is 2.41 bits per heavy atom. The number of anilines is 1. The molecule has 3 heteroatoms. The van der Waals surface area contributed by atoms with Gasteiger partial charge in [-0.2, -0.15) is 0 Å². The predicted molar refractivity (Wildman–Crippen MR) is 70.2 cm³/mol. The molecule has 0 fully saturated rings. The van der Waals surface area contributed by atoms with Gasteiger partial charge in [-0.25, -0.2) is 0 Å². The van der Waals surface area contributed by atoms with Crippen LogP contribution in [0.15, 0.2) is 18.2 Å². The lowest BCUT2D eigenvalue weighted by Gasteiger charge is -2.20. The highest BCUT2D eigenvalue weighted by molar-refractivity contribution is 5.73. The molecule has 1 aromatic carbocycles. The normalized spacial score (nSPS) is 13.9. The quantitative estimate of drug-likeness (QED) is 0.815. The molecule has 0 amide bonds.